The Hall–Kier alpha value is -1.62. The van der Waals surface area contributed by atoms with E-state index in [9.17, 15) is 9.90 Å². The maximum absolute atomic E-state index is 12.4. The first-order valence-electron chi connectivity index (χ1n) is 8.08. The fraction of sp³-hybridized carbons (Fsp3) is 0.647. The Kier molecular flexibility index (Phi) is 5.77. The highest BCUT2D eigenvalue weighted by Gasteiger charge is 2.28. The van der Waals surface area contributed by atoms with Gasteiger partial charge in [-0.2, -0.15) is 0 Å². The van der Waals surface area contributed by atoms with Crippen LogP contribution in [0.15, 0.2) is 24.5 Å². The van der Waals surface area contributed by atoms with Crippen LogP contribution in [-0.2, 0) is 0 Å². The lowest BCUT2D eigenvalue weighted by atomic mass is 9.97. The van der Waals surface area contributed by atoms with Gasteiger partial charge in [0.15, 0.2) is 0 Å². The van der Waals surface area contributed by atoms with Crippen LogP contribution in [0.5, 0.6) is 0 Å². The standard InChI is InChI=1S/C17H27N3O2/c1-12(2)16(13-7-9-18-10-8-13)19-17(22)20(3)11-14-5-4-6-15(14)21/h7-10,12,14-16,21H,4-6,11H2,1-3H3,(H,19,22)/t14-,15+,16-/m1/s1. The predicted octanol–water partition coefficient (Wildman–Crippen LogP) is 2.58. The number of nitrogens with zero attached hydrogens (tertiary/aromatic N) is 2. The van der Waals surface area contributed by atoms with Crippen molar-refractivity contribution < 1.29 is 9.90 Å². The van der Waals surface area contributed by atoms with Crippen molar-refractivity contribution in [1.82, 2.24) is 15.2 Å². The molecule has 0 aromatic carbocycles. The van der Waals surface area contributed by atoms with Crippen LogP contribution in [0.25, 0.3) is 0 Å². The molecule has 1 aliphatic rings. The van der Waals surface area contributed by atoms with E-state index in [2.05, 4.69) is 24.1 Å². The summed E-state index contributed by atoms with van der Waals surface area (Å²) in [4.78, 5) is 18.2. The van der Waals surface area contributed by atoms with Gasteiger partial charge in [0.1, 0.15) is 0 Å². The first kappa shape index (κ1) is 16.7. The summed E-state index contributed by atoms with van der Waals surface area (Å²) in [6.45, 7) is 4.78. The fourth-order valence-corrected chi connectivity index (χ4v) is 3.11. The van der Waals surface area contributed by atoms with Crippen molar-refractivity contribution in [2.24, 2.45) is 11.8 Å². The molecular weight excluding hydrogens is 278 g/mol. The van der Waals surface area contributed by atoms with Crippen molar-refractivity contribution in [3.05, 3.63) is 30.1 Å². The fourth-order valence-electron chi connectivity index (χ4n) is 3.11. The number of amides is 2. The molecule has 0 saturated heterocycles. The summed E-state index contributed by atoms with van der Waals surface area (Å²) in [6.07, 6.45) is 6.12. The van der Waals surface area contributed by atoms with Gasteiger partial charge in [0.2, 0.25) is 0 Å². The molecule has 1 aromatic rings. The minimum Gasteiger partial charge on any atom is -0.393 e. The third-order valence-electron chi connectivity index (χ3n) is 4.48. The molecule has 0 radical (unpaired) electrons. The molecule has 0 bridgehead atoms. The average molecular weight is 305 g/mol. The zero-order valence-electron chi connectivity index (χ0n) is 13.7. The molecule has 0 unspecified atom stereocenters. The summed E-state index contributed by atoms with van der Waals surface area (Å²) in [5.74, 6) is 0.492. The van der Waals surface area contributed by atoms with Crippen molar-refractivity contribution in [3.8, 4) is 0 Å². The summed E-state index contributed by atoms with van der Waals surface area (Å²) in [7, 11) is 1.80. The summed E-state index contributed by atoms with van der Waals surface area (Å²) in [5.41, 5.74) is 1.06. The third kappa shape index (κ3) is 4.19. The average Bonchev–Trinajstić information content (AvgIpc) is 2.90. The maximum atomic E-state index is 12.4. The lowest BCUT2D eigenvalue weighted by Crippen LogP contribution is -2.43. The highest BCUT2D eigenvalue weighted by Crippen LogP contribution is 2.26. The van der Waals surface area contributed by atoms with Gasteiger partial charge in [0.25, 0.3) is 0 Å². The highest BCUT2D eigenvalue weighted by atomic mass is 16.3. The van der Waals surface area contributed by atoms with Crippen LogP contribution in [0, 0.1) is 11.8 Å². The van der Waals surface area contributed by atoms with Crippen LogP contribution in [-0.4, -0.2) is 40.7 Å². The summed E-state index contributed by atoms with van der Waals surface area (Å²) < 4.78 is 0. The van der Waals surface area contributed by atoms with Crippen LogP contribution >= 0.6 is 0 Å². The van der Waals surface area contributed by atoms with Crippen LogP contribution in [0.4, 0.5) is 4.79 Å². The number of hydrogen-bond acceptors (Lipinski definition) is 3. The number of hydrogen-bond donors (Lipinski definition) is 2. The van der Waals surface area contributed by atoms with Gasteiger partial charge in [-0.3, -0.25) is 4.98 Å². The van der Waals surface area contributed by atoms with Crippen LogP contribution in [0.2, 0.25) is 0 Å². The van der Waals surface area contributed by atoms with Gasteiger partial charge < -0.3 is 15.3 Å². The lowest BCUT2D eigenvalue weighted by molar-refractivity contribution is 0.113. The molecule has 2 rings (SSSR count). The van der Waals surface area contributed by atoms with E-state index in [0.29, 0.717) is 6.54 Å². The molecule has 2 amide bonds. The molecule has 1 aromatic heterocycles. The topological polar surface area (TPSA) is 65.5 Å². The molecule has 1 saturated carbocycles. The third-order valence-corrected chi connectivity index (χ3v) is 4.48. The lowest BCUT2D eigenvalue weighted by Gasteiger charge is -2.28. The Balaban J connectivity index is 1.96. The Morgan fingerprint density at radius 1 is 1.41 bits per heavy atom. The minimum absolute atomic E-state index is 0.0357. The van der Waals surface area contributed by atoms with E-state index < -0.39 is 0 Å². The van der Waals surface area contributed by atoms with E-state index in [0.717, 1.165) is 24.8 Å². The second-order valence-corrected chi connectivity index (χ2v) is 6.59. The van der Waals surface area contributed by atoms with Crippen molar-refractivity contribution in [1.29, 1.82) is 0 Å². The summed E-state index contributed by atoms with van der Waals surface area (Å²) >= 11 is 0. The number of carbonyl (C=O) groups is 1. The molecule has 0 aliphatic heterocycles. The van der Waals surface area contributed by atoms with Gasteiger partial charge in [-0.05, 0) is 36.5 Å². The number of urea groups is 1. The van der Waals surface area contributed by atoms with Gasteiger partial charge in [0.05, 0.1) is 12.1 Å². The second kappa shape index (κ2) is 7.58. The van der Waals surface area contributed by atoms with Crippen LogP contribution in [0.3, 0.4) is 0 Å². The van der Waals surface area contributed by atoms with Crippen molar-refractivity contribution in [3.63, 3.8) is 0 Å². The van der Waals surface area contributed by atoms with E-state index in [1.54, 1.807) is 24.3 Å². The summed E-state index contributed by atoms with van der Waals surface area (Å²) in [5, 5.41) is 13.0. The van der Waals surface area contributed by atoms with E-state index >= 15 is 0 Å². The Labute approximate surface area is 132 Å². The molecule has 2 N–H and O–H groups in total. The van der Waals surface area contributed by atoms with E-state index in [1.165, 1.54) is 0 Å². The quantitative estimate of drug-likeness (QED) is 0.878. The van der Waals surface area contributed by atoms with E-state index in [1.807, 2.05) is 12.1 Å². The highest BCUT2D eigenvalue weighted by molar-refractivity contribution is 5.74. The Bertz CT molecular complexity index is 478. The van der Waals surface area contributed by atoms with E-state index in [-0.39, 0.29) is 30.0 Å². The van der Waals surface area contributed by atoms with Crippen molar-refractivity contribution in [2.75, 3.05) is 13.6 Å². The molecule has 122 valence electrons. The van der Waals surface area contributed by atoms with Crippen LogP contribution in [0.1, 0.15) is 44.7 Å². The summed E-state index contributed by atoms with van der Waals surface area (Å²) in [6, 6.07) is 3.75. The van der Waals surface area contributed by atoms with Gasteiger partial charge in [-0.1, -0.05) is 20.3 Å². The van der Waals surface area contributed by atoms with Crippen LogP contribution < -0.4 is 5.32 Å². The first-order chi connectivity index (χ1) is 10.5. The molecule has 5 heteroatoms. The van der Waals surface area contributed by atoms with Gasteiger partial charge >= 0.3 is 6.03 Å². The zero-order chi connectivity index (χ0) is 16.1. The molecule has 1 aliphatic carbocycles. The first-order valence-corrected chi connectivity index (χ1v) is 8.08. The number of aliphatic hydroxyl groups is 1. The number of aromatic nitrogens is 1. The molecular formula is C17H27N3O2. The number of rotatable bonds is 5. The zero-order valence-corrected chi connectivity index (χ0v) is 13.7. The Morgan fingerprint density at radius 2 is 2.09 bits per heavy atom. The normalized spacial score (nSPS) is 22.6. The Morgan fingerprint density at radius 3 is 2.64 bits per heavy atom. The molecule has 1 heterocycles. The molecule has 5 nitrogen and oxygen atoms in total. The predicted molar refractivity (Wildman–Crippen MR) is 86.3 cm³/mol. The SMILES string of the molecule is CC(C)[C@@H](NC(=O)N(C)C[C@H]1CCC[C@@H]1O)c1ccncc1. The van der Waals surface area contributed by atoms with Gasteiger partial charge in [0, 0.05) is 31.9 Å². The largest absolute Gasteiger partial charge is 0.393 e. The second-order valence-electron chi connectivity index (χ2n) is 6.59. The number of carbonyl (C=O) groups excluding carboxylic acids is 1. The smallest absolute Gasteiger partial charge is 0.317 e. The molecule has 1 fully saturated rings. The number of aliphatic hydroxyl groups excluding tert-OH is 1. The molecule has 3 atom stereocenters. The molecule has 22 heavy (non-hydrogen) atoms. The number of pyridine rings is 1. The number of nitrogens with one attached hydrogen (secondary N) is 1. The van der Waals surface area contributed by atoms with Crippen molar-refractivity contribution in [2.45, 2.75) is 45.3 Å². The van der Waals surface area contributed by atoms with Gasteiger partial charge in [-0.15, -0.1) is 0 Å². The van der Waals surface area contributed by atoms with E-state index in [4.69, 9.17) is 0 Å². The minimum atomic E-state index is -0.267. The maximum Gasteiger partial charge on any atom is 0.317 e. The monoisotopic (exact) mass is 305 g/mol. The molecule has 0 spiro atoms. The van der Waals surface area contributed by atoms with Gasteiger partial charge in [-0.25, -0.2) is 4.79 Å². The van der Waals surface area contributed by atoms with Crippen molar-refractivity contribution >= 4 is 6.03 Å².